The first kappa shape index (κ1) is 15.9. The van der Waals surface area contributed by atoms with Crippen molar-refractivity contribution in [3.8, 4) is 6.07 Å². The highest BCUT2D eigenvalue weighted by molar-refractivity contribution is 9.10. The molecule has 5 nitrogen and oxygen atoms in total. The first-order valence-corrected chi connectivity index (χ1v) is 7.05. The third kappa shape index (κ3) is 3.40. The Kier molecular flexibility index (Phi) is 4.73. The number of anilines is 1. The summed E-state index contributed by atoms with van der Waals surface area (Å²) >= 11 is 3.30. The van der Waals surface area contributed by atoms with Crippen LogP contribution >= 0.6 is 15.9 Å². The Labute approximate surface area is 134 Å². The van der Waals surface area contributed by atoms with Gasteiger partial charge in [-0.15, -0.1) is 0 Å². The molecule has 2 aromatic carbocycles. The first-order valence-electron chi connectivity index (χ1n) is 6.26. The molecule has 0 unspecified atom stereocenters. The second kappa shape index (κ2) is 6.54. The molecule has 0 saturated heterocycles. The number of benzene rings is 2. The van der Waals surface area contributed by atoms with E-state index in [1.165, 1.54) is 24.3 Å². The van der Waals surface area contributed by atoms with E-state index < -0.39 is 4.92 Å². The number of hydrogen-bond acceptors (Lipinski definition) is 4. The van der Waals surface area contributed by atoms with Crippen LogP contribution in [0.25, 0.3) is 0 Å². The lowest BCUT2D eigenvalue weighted by Gasteiger charge is -2.20. The number of nitro benzene ring substituents is 1. The van der Waals surface area contributed by atoms with Gasteiger partial charge in [0.05, 0.1) is 4.92 Å². The molecule has 7 heteroatoms. The molecule has 0 saturated carbocycles. The van der Waals surface area contributed by atoms with Crippen LogP contribution in [0.2, 0.25) is 0 Å². The van der Waals surface area contributed by atoms with Crippen molar-refractivity contribution in [1.29, 1.82) is 5.26 Å². The summed E-state index contributed by atoms with van der Waals surface area (Å²) < 4.78 is 13.7. The van der Waals surface area contributed by atoms with E-state index in [9.17, 15) is 14.5 Å². The van der Waals surface area contributed by atoms with Crippen LogP contribution in [0.1, 0.15) is 11.1 Å². The van der Waals surface area contributed by atoms with E-state index in [4.69, 9.17) is 5.26 Å². The predicted molar refractivity (Wildman–Crippen MR) is 84.0 cm³/mol. The van der Waals surface area contributed by atoms with Crippen molar-refractivity contribution < 1.29 is 9.31 Å². The summed E-state index contributed by atoms with van der Waals surface area (Å²) in [6, 6.07) is 10.6. The normalized spacial score (nSPS) is 10.1. The minimum Gasteiger partial charge on any atom is -0.370 e. The Bertz CT molecular complexity index is 774. The maximum absolute atomic E-state index is 13.1. The monoisotopic (exact) mass is 363 g/mol. The molecular weight excluding hydrogens is 353 g/mol. The summed E-state index contributed by atoms with van der Waals surface area (Å²) in [4.78, 5) is 12.1. The van der Waals surface area contributed by atoms with Crippen molar-refractivity contribution in [2.75, 3.05) is 11.9 Å². The third-order valence-corrected chi connectivity index (χ3v) is 3.90. The molecule has 0 heterocycles. The van der Waals surface area contributed by atoms with Gasteiger partial charge in [-0.25, -0.2) is 4.39 Å². The van der Waals surface area contributed by atoms with Crippen molar-refractivity contribution >= 4 is 27.3 Å². The van der Waals surface area contributed by atoms with Gasteiger partial charge in [-0.3, -0.25) is 10.1 Å². The Hall–Kier alpha value is -2.46. The van der Waals surface area contributed by atoms with Gasteiger partial charge in [0.25, 0.3) is 5.69 Å². The quantitative estimate of drug-likeness (QED) is 0.607. The van der Waals surface area contributed by atoms with Crippen molar-refractivity contribution in [2.24, 2.45) is 0 Å². The standard InChI is InChI=1S/C15H11BrFN3O2/c1-19(9-10-2-3-12(17)7-14(10)16)13-4-5-15(20(21)22)11(6-13)8-18/h2-7H,9H2,1H3. The Balaban J connectivity index is 2.28. The molecule has 0 aromatic heterocycles. The van der Waals surface area contributed by atoms with Crippen molar-refractivity contribution in [3.63, 3.8) is 0 Å². The van der Waals surface area contributed by atoms with E-state index in [1.807, 2.05) is 11.0 Å². The van der Waals surface area contributed by atoms with E-state index in [2.05, 4.69) is 15.9 Å². The van der Waals surface area contributed by atoms with Crippen LogP contribution in [-0.4, -0.2) is 12.0 Å². The van der Waals surface area contributed by atoms with E-state index in [0.717, 1.165) is 5.56 Å². The van der Waals surface area contributed by atoms with Crippen LogP contribution in [0.15, 0.2) is 40.9 Å². The van der Waals surface area contributed by atoms with Crippen LogP contribution in [0.4, 0.5) is 15.8 Å². The molecular formula is C15H11BrFN3O2. The van der Waals surface area contributed by atoms with E-state index in [1.54, 1.807) is 19.2 Å². The number of nitrogens with zero attached hydrogens (tertiary/aromatic N) is 3. The lowest BCUT2D eigenvalue weighted by Crippen LogP contribution is -2.17. The smallest absolute Gasteiger partial charge is 0.287 e. The highest BCUT2D eigenvalue weighted by Crippen LogP contribution is 2.26. The number of hydrogen-bond donors (Lipinski definition) is 0. The molecule has 22 heavy (non-hydrogen) atoms. The number of halogens is 2. The largest absolute Gasteiger partial charge is 0.370 e. The highest BCUT2D eigenvalue weighted by Gasteiger charge is 2.15. The van der Waals surface area contributed by atoms with Gasteiger partial charge < -0.3 is 4.90 Å². The molecule has 0 aliphatic carbocycles. The third-order valence-electron chi connectivity index (χ3n) is 3.16. The summed E-state index contributed by atoms with van der Waals surface area (Å²) in [5.41, 5.74) is 1.31. The second-order valence-corrected chi connectivity index (χ2v) is 5.52. The average Bonchev–Trinajstić information content (AvgIpc) is 2.49. The SMILES string of the molecule is CN(Cc1ccc(F)cc1Br)c1ccc([N+](=O)[O-])c(C#N)c1. The number of rotatable bonds is 4. The predicted octanol–water partition coefficient (Wildman–Crippen LogP) is 4.00. The fourth-order valence-corrected chi connectivity index (χ4v) is 2.48. The van der Waals surface area contributed by atoms with Crippen molar-refractivity contribution in [1.82, 2.24) is 0 Å². The van der Waals surface area contributed by atoms with Crippen LogP contribution in [0.3, 0.4) is 0 Å². The van der Waals surface area contributed by atoms with E-state index in [-0.39, 0.29) is 17.1 Å². The number of nitro groups is 1. The minimum atomic E-state index is -0.584. The van der Waals surface area contributed by atoms with E-state index >= 15 is 0 Å². The van der Waals surface area contributed by atoms with Gasteiger partial charge >= 0.3 is 0 Å². The van der Waals surface area contributed by atoms with Crippen LogP contribution in [0.5, 0.6) is 0 Å². The zero-order chi connectivity index (χ0) is 16.3. The Morgan fingerprint density at radius 1 is 1.36 bits per heavy atom. The highest BCUT2D eigenvalue weighted by atomic mass is 79.9. The van der Waals surface area contributed by atoms with Gasteiger partial charge in [-0.1, -0.05) is 22.0 Å². The fraction of sp³-hybridized carbons (Fsp3) is 0.133. The average molecular weight is 364 g/mol. The lowest BCUT2D eigenvalue weighted by atomic mass is 10.1. The van der Waals surface area contributed by atoms with Crippen LogP contribution in [0, 0.1) is 27.3 Å². The van der Waals surface area contributed by atoms with Gasteiger partial charge in [0.15, 0.2) is 0 Å². The van der Waals surface area contributed by atoms with Gasteiger partial charge in [-0.05, 0) is 29.8 Å². The summed E-state index contributed by atoms with van der Waals surface area (Å²) in [5.74, 6) is -0.333. The second-order valence-electron chi connectivity index (χ2n) is 4.66. The molecule has 112 valence electrons. The summed E-state index contributed by atoms with van der Waals surface area (Å²) in [5, 5.41) is 19.8. The molecule has 0 spiro atoms. The van der Waals surface area contributed by atoms with Gasteiger partial charge in [-0.2, -0.15) is 5.26 Å². The maximum atomic E-state index is 13.1. The zero-order valence-corrected chi connectivity index (χ0v) is 13.2. The molecule has 0 amide bonds. The maximum Gasteiger partial charge on any atom is 0.287 e. The fourth-order valence-electron chi connectivity index (χ4n) is 2.01. The molecule has 0 radical (unpaired) electrons. The van der Waals surface area contributed by atoms with Crippen molar-refractivity contribution in [2.45, 2.75) is 6.54 Å². The van der Waals surface area contributed by atoms with Gasteiger partial charge in [0.2, 0.25) is 0 Å². The van der Waals surface area contributed by atoms with Gasteiger partial charge in [0, 0.05) is 29.8 Å². The summed E-state index contributed by atoms with van der Waals surface area (Å²) in [7, 11) is 1.79. The Morgan fingerprint density at radius 2 is 2.09 bits per heavy atom. The zero-order valence-electron chi connectivity index (χ0n) is 11.6. The van der Waals surface area contributed by atoms with E-state index in [0.29, 0.717) is 16.7 Å². The van der Waals surface area contributed by atoms with Crippen molar-refractivity contribution in [3.05, 3.63) is 67.9 Å². The molecule has 0 atom stereocenters. The topological polar surface area (TPSA) is 70.2 Å². The first-order chi connectivity index (χ1) is 10.4. The molecule has 0 fully saturated rings. The molecule has 0 bridgehead atoms. The molecule has 0 aliphatic heterocycles. The summed E-state index contributed by atoms with van der Waals surface area (Å²) in [6.45, 7) is 0.462. The minimum absolute atomic E-state index is 0.00696. The molecule has 2 rings (SSSR count). The number of nitriles is 1. The molecule has 0 aliphatic rings. The molecule has 0 N–H and O–H groups in total. The Morgan fingerprint density at radius 3 is 2.68 bits per heavy atom. The molecule has 2 aromatic rings. The van der Waals surface area contributed by atoms with Gasteiger partial charge in [0.1, 0.15) is 17.4 Å². The van der Waals surface area contributed by atoms with Crippen LogP contribution in [-0.2, 0) is 6.54 Å². The lowest BCUT2D eigenvalue weighted by molar-refractivity contribution is -0.385. The van der Waals surface area contributed by atoms with Crippen LogP contribution < -0.4 is 4.90 Å². The summed E-state index contributed by atoms with van der Waals surface area (Å²) in [6.07, 6.45) is 0.